The lowest BCUT2D eigenvalue weighted by molar-refractivity contribution is -0.172. The van der Waals surface area contributed by atoms with Crippen LogP contribution in [0.2, 0.25) is 0 Å². The topological polar surface area (TPSA) is 66.8 Å². The van der Waals surface area contributed by atoms with E-state index in [-0.39, 0.29) is 29.5 Å². The SMILES string of the molecule is COC(=O)CC[C@@H](C)[C@H]1CC[C@H]2[C@@H]3C[C@@H](O)[C@@H]4C[C@H](O)CC[C@]4(C)[C@H]3CC[C@]12C. The zero-order valence-electron chi connectivity index (χ0n) is 18.9. The van der Waals surface area contributed by atoms with Crippen LogP contribution in [0.5, 0.6) is 0 Å². The number of carbonyl (C=O) groups excluding carboxylic acids is 1. The minimum Gasteiger partial charge on any atom is -0.469 e. The molecule has 0 aromatic heterocycles. The number of carbonyl (C=O) groups is 1. The van der Waals surface area contributed by atoms with Gasteiger partial charge in [-0.15, -0.1) is 0 Å². The average molecular weight is 407 g/mol. The van der Waals surface area contributed by atoms with E-state index in [9.17, 15) is 15.0 Å². The zero-order chi connectivity index (χ0) is 21.0. The number of hydrogen-bond donors (Lipinski definition) is 2. The van der Waals surface area contributed by atoms with Crippen molar-refractivity contribution in [3.05, 3.63) is 0 Å². The van der Waals surface area contributed by atoms with Crippen LogP contribution in [0.25, 0.3) is 0 Å². The Labute approximate surface area is 176 Å². The second-order valence-corrected chi connectivity index (χ2v) is 11.5. The third-order valence-corrected chi connectivity index (χ3v) is 10.4. The summed E-state index contributed by atoms with van der Waals surface area (Å²) in [4.78, 5) is 11.6. The lowest BCUT2D eigenvalue weighted by Gasteiger charge is -2.62. The number of ether oxygens (including phenoxy) is 1. The summed E-state index contributed by atoms with van der Waals surface area (Å²) in [5, 5.41) is 21.3. The molecule has 4 rings (SSSR count). The molecule has 0 spiro atoms. The molecule has 4 aliphatic carbocycles. The molecule has 4 nitrogen and oxygen atoms in total. The summed E-state index contributed by atoms with van der Waals surface area (Å²) in [5.74, 6) is 3.42. The van der Waals surface area contributed by atoms with Crippen LogP contribution in [-0.2, 0) is 9.53 Å². The maximum Gasteiger partial charge on any atom is 0.305 e. The molecule has 0 aromatic carbocycles. The van der Waals surface area contributed by atoms with E-state index in [0.717, 1.165) is 32.1 Å². The molecule has 0 heterocycles. The highest BCUT2D eigenvalue weighted by Crippen LogP contribution is 2.68. The summed E-state index contributed by atoms with van der Waals surface area (Å²) in [6, 6.07) is 0. The summed E-state index contributed by atoms with van der Waals surface area (Å²) in [5.41, 5.74) is 0.533. The maximum absolute atomic E-state index is 11.6. The highest BCUT2D eigenvalue weighted by molar-refractivity contribution is 5.69. The largest absolute Gasteiger partial charge is 0.469 e. The molecule has 0 aliphatic heterocycles. The lowest BCUT2D eigenvalue weighted by Crippen LogP contribution is -2.58. The predicted octanol–water partition coefficient (Wildman–Crippen LogP) is 4.57. The van der Waals surface area contributed by atoms with Gasteiger partial charge in [0.25, 0.3) is 0 Å². The first-order chi connectivity index (χ1) is 13.7. The second kappa shape index (κ2) is 7.82. The fourth-order valence-electron chi connectivity index (χ4n) is 8.90. The molecule has 0 saturated heterocycles. The summed E-state index contributed by atoms with van der Waals surface area (Å²) in [6.07, 6.45) is 9.77. The first kappa shape index (κ1) is 21.6. The molecule has 0 bridgehead atoms. The van der Waals surface area contributed by atoms with E-state index in [1.807, 2.05) is 0 Å². The van der Waals surface area contributed by atoms with Crippen molar-refractivity contribution in [1.29, 1.82) is 0 Å². The van der Waals surface area contributed by atoms with Gasteiger partial charge in [-0.2, -0.15) is 0 Å². The monoisotopic (exact) mass is 406 g/mol. The Morgan fingerprint density at radius 3 is 2.41 bits per heavy atom. The van der Waals surface area contributed by atoms with Gasteiger partial charge in [0.1, 0.15) is 0 Å². The van der Waals surface area contributed by atoms with Gasteiger partial charge in [0.15, 0.2) is 0 Å². The second-order valence-electron chi connectivity index (χ2n) is 11.5. The van der Waals surface area contributed by atoms with E-state index in [4.69, 9.17) is 4.74 Å². The Balaban J connectivity index is 1.52. The van der Waals surface area contributed by atoms with E-state index in [1.54, 1.807) is 0 Å². The van der Waals surface area contributed by atoms with Crippen LogP contribution < -0.4 is 0 Å². The minimum absolute atomic E-state index is 0.0888. The standard InChI is InChI=1S/C25H42O4/c1-15(5-8-23(28)29-4)18-6-7-19-17-14-22(27)21-13-16(26)9-11-25(21,3)20(17)10-12-24(18,19)2/h15-22,26-27H,5-14H2,1-4H3/t15-,16-,17+,18-,19+,20+,21+,22-,24-,25-/m1/s1. The van der Waals surface area contributed by atoms with Crippen molar-refractivity contribution in [2.24, 2.45) is 46.3 Å². The fraction of sp³-hybridized carbons (Fsp3) is 0.960. The quantitative estimate of drug-likeness (QED) is 0.671. The van der Waals surface area contributed by atoms with Crippen LogP contribution in [0.15, 0.2) is 0 Å². The molecule has 29 heavy (non-hydrogen) atoms. The van der Waals surface area contributed by atoms with Gasteiger partial charge >= 0.3 is 5.97 Å². The maximum atomic E-state index is 11.6. The molecule has 0 amide bonds. The molecule has 4 saturated carbocycles. The van der Waals surface area contributed by atoms with Crippen molar-refractivity contribution in [2.75, 3.05) is 7.11 Å². The summed E-state index contributed by atoms with van der Waals surface area (Å²) < 4.78 is 4.86. The predicted molar refractivity (Wildman–Crippen MR) is 113 cm³/mol. The highest BCUT2D eigenvalue weighted by Gasteiger charge is 2.62. The number of fused-ring (bicyclic) bond motifs is 5. The van der Waals surface area contributed by atoms with Gasteiger partial charge in [-0.1, -0.05) is 20.8 Å². The molecular formula is C25H42O4. The van der Waals surface area contributed by atoms with E-state index in [0.29, 0.717) is 41.4 Å². The van der Waals surface area contributed by atoms with Gasteiger partial charge < -0.3 is 14.9 Å². The Hall–Kier alpha value is -0.610. The summed E-state index contributed by atoms with van der Waals surface area (Å²) >= 11 is 0. The number of aliphatic hydroxyl groups excluding tert-OH is 2. The molecule has 0 radical (unpaired) electrons. The average Bonchev–Trinajstić information content (AvgIpc) is 3.05. The molecule has 10 atom stereocenters. The molecule has 0 unspecified atom stereocenters. The molecule has 0 aromatic rings. The summed E-state index contributed by atoms with van der Waals surface area (Å²) in [6.45, 7) is 7.28. The number of esters is 1. The highest BCUT2D eigenvalue weighted by atomic mass is 16.5. The van der Waals surface area contributed by atoms with Gasteiger partial charge in [-0.25, -0.2) is 0 Å². The number of hydrogen-bond acceptors (Lipinski definition) is 4. The van der Waals surface area contributed by atoms with Crippen molar-refractivity contribution in [3.63, 3.8) is 0 Å². The van der Waals surface area contributed by atoms with E-state index in [2.05, 4.69) is 20.8 Å². The molecule has 4 fully saturated rings. The van der Waals surface area contributed by atoms with Gasteiger partial charge in [0.2, 0.25) is 0 Å². The van der Waals surface area contributed by atoms with Gasteiger partial charge in [-0.3, -0.25) is 4.79 Å². The first-order valence-corrected chi connectivity index (χ1v) is 12.1. The van der Waals surface area contributed by atoms with E-state index in [1.165, 1.54) is 32.8 Å². The molecule has 166 valence electrons. The Morgan fingerprint density at radius 2 is 1.69 bits per heavy atom. The van der Waals surface area contributed by atoms with E-state index >= 15 is 0 Å². The number of aliphatic hydroxyl groups is 2. The van der Waals surface area contributed by atoms with Gasteiger partial charge in [-0.05, 0) is 104 Å². The Bertz CT molecular complexity index is 620. The van der Waals surface area contributed by atoms with Crippen LogP contribution >= 0.6 is 0 Å². The molecular weight excluding hydrogens is 364 g/mol. The lowest BCUT2D eigenvalue weighted by atomic mass is 9.44. The Kier molecular flexibility index (Phi) is 5.83. The van der Waals surface area contributed by atoms with Gasteiger partial charge in [0, 0.05) is 6.42 Å². The fourth-order valence-corrected chi connectivity index (χ4v) is 8.90. The van der Waals surface area contributed by atoms with Crippen molar-refractivity contribution in [3.8, 4) is 0 Å². The van der Waals surface area contributed by atoms with Gasteiger partial charge in [0.05, 0.1) is 19.3 Å². The van der Waals surface area contributed by atoms with Crippen molar-refractivity contribution in [1.82, 2.24) is 0 Å². The van der Waals surface area contributed by atoms with Crippen LogP contribution in [0.3, 0.4) is 0 Å². The number of rotatable bonds is 4. The van der Waals surface area contributed by atoms with Crippen molar-refractivity contribution >= 4 is 5.97 Å². The van der Waals surface area contributed by atoms with E-state index < -0.39 is 0 Å². The normalized spacial score (nSPS) is 50.2. The molecule has 2 N–H and O–H groups in total. The zero-order valence-corrected chi connectivity index (χ0v) is 18.9. The van der Waals surface area contributed by atoms with Crippen LogP contribution in [0.4, 0.5) is 0 Å². The minimum atomic E-state index is -0.255. The van der Waals surface area contributed by atoms with Crippen molar-refractivity contribution < 1.29 is 19.7 Å². The third kappa shape index (κ3) is 3.46. The molecule has 4 aliphatic rings. The van der Waals surface area contributed by atoms with Crippen LogP contribution in [-0.4, -0.2) is 35.5 Å². The smallest absolute Gasteiger partial charge is 0.305 e. The third-order valence-electron chi connectivity index (χ3n) is 10.4. The van der Waals surface area contributed by atoms with Crippen LogP contribution in [0, 0.1) is 46.3 Å². The van der Waals surface area contributed by atoms with Crippen LogP contribution in [0.1, 0.15) is 85.0 Å². The first-order valence-electron chi connectivity index (χ1n) is 12.1. The summed E-state index contributed by atoms with van der Waals surface area (Å²) in [7, 11) is 1.48. The van der Waals surface area contributed by atoms with Crippen molar-refractivity contribution in [2.45, 2.75) is 97.2 Å². The number of methoxy groups -OCH3 is 1. The Morgan fingerprint density at radius 1 is 1.00 bits per heavy atom. The molecule has 4 heteroatoms.